The molecule has 0 unspecified atom stereocenters. The monoisotopic (exact) mass is 567 g/mol. The fourth-order valence-corrected chi connectivity index (χ4v) is 4.10. The van der Waals surface area contributed by atoms with Crippen molar-refractivity contribution < 1.29 is 19.0 Å². The lowest BCUT2D eigenvalue weighted by Gasteiger charge is -2.13. The Balaban J connectivity index is 1.54. The van der Waals surface area contributed by atoms with Crippen LogP contribution in [-0.2, 0) is 16.1 Å². The molecule has 6 heteroatoms. The Kier molecular flexibility index (Phi) is 7.67. The molecule has 0 saturated heterocycles. The summed E-state index contributed by atoms with van der Waals surface area (Å²) in [5.41, 5.74) is 4.10. The average Bonchev–Trinajstić information content (AvgIpc) is 3.19. The van der Waals surface area contributed by atoms with Crippen molar-refractivity contribution in [2.24, 2.45) is 4.99 Å². The third-order valence-electron chi connectivity index (χ3n) is 5.30. The molecule has 0 atom stereocenters. The molecule has 0 bridgehead atoms. The molecule has 1 aliphatic rings. The highest BCUT2D eigenvalue weighted by molar-refractivity contribution is 14.1. The highest BCUT2D eigenvalue weighted by Gasteiger charge is 2.24. The number of aliphatic imine (C=N–C) groups is 1. The summed E-state index contributed by atoms with van der Waals surface area (Å²) in [6, 6.07) is 21.6. The number of carbonyl (C=O) groups excluding carboxylic acids is 1. The summed E-state index contributed by atoms with van der Waals surface area (Å²) in [6.45, 7) is 7.13. The molecule has 34 heavy (non-hydrogen) atoms. The summed E-state index contributed by atoms with van der Waals surface area (Å²) in [5, 5.41) is 0. The van der Waals surface area contributed by atoms with E-state index in [4.69, 9.17) is 14.2 Å². The lowest BCUT2D eigenvalue weighted by atomic mass is 10.0. The highest BCUT2D eigenvalue weighted by atomic mass is 127. The van der Waals surface area contributed by atoms with Gasteiger partial charge < -0.3 is 14.2 Å². The lowest BCUT2D eigenvalue weighted by molar-refractivity contribution is -0.129. The molecule has 1 aliphatic heterocycles. The van der Waals surface area contributed by atoms with Crippen molar-refractivity contribution in [3.8, 4) is 11.5 Å². The van der Waals surface area contributed by atoms with Gasteiger partial charge in [0.25, 0.3) is 0 Å². The topological polar surface area (TPSA) is 57.1 Å². The Morgan fingerprint density at radius 1 is 1.00 bits per heavy atom. The maximum atomic E-state index is 12.4. The second kappa shape index (κ2) is 10.9. The summed E-state index contributed by atoms with van der Waals surface area (Å²) in [6.07, 6.45) is 1.70. The van der Waals surface area contributed by atoms with Crippen LogP contribution < -0.4 is 9.47 Å². The van der Waals surface area contributed by atoms with Crippen LogP contribution in [0.4, 0.5) is 0 Å². The van der Waals surface area contributed by atoms with Gasteiger partial charge in [0.05, 0.1) is 6.61 Å². The maximum absolute atomic E-state index is 12.4. The number of halogens is 1. The summed E-state index contributed by atoms with van der Waals surface area (Å²) in [5.74, 6) is 1.53. The van der Waals surface area contributed by atoms with Gasteiger partial charge in [-0.15, -0.1) is 0 Å². The summed E-state index contributed by atoms with van der Waals surface area (Å²) < 4.78 is 18.4. The summed E-state index contributed by atoms with van der Waals surface area (Å²) in [7, 11) is 0. The van der Waals surface area contributed by atoms with E-state index in [0.717, 1.165) is 20.3 Å². The number of hydrogen-bond acceptors (Lipinski definition) is 5. The largest absolute Gasteiger partial charge is 0.490 e. The van der Waals surface area contributed by atoms with Crippen molar-refractivity contribution in [3.05, 3.63) is 98.3 Å². The molecular formula is C28H26INO4. The Morgan fingerprint density at radius 3 is 2.50 bits per heavy atom. The number of hydrogen-bond donors (Lipinski definition) is 0. The van der Waals surface area contributed by atoms with E-state index < -0.39 is 5.97 Å². The molecule has 0 spiro atoms. The van der Waals surface area contributed by atoms with Gasteiger partial charge in [0.2, 0.25) is 5.90 Å². The van der Waals surface area contributed by atoms with E-state index in [9.17, 15) is 4.79 Å². The van der Waals surface area contributed by atoms with E-state index >= 15 is 0 Å². The van der Waals surface area contributed by atoms with Gasteiger partial charge in [0, 0.05) is 9.13 Å². The molecule has 3 aromatic carbocycles. The molecule has 0 N–H and O–H groups in total. The molecule has 1 heterocycles. The number of benzene rings is 3. The number of nitrogens with zero attached hydrogens (tertiary/aromatic N) is 1. The Morgan fingerprint density at radius 2 is 1.79 bits per heavy atom. The molecule has 0 amide bonds. The molecule has 0 fully saturated rings. The number of carbonyl (C=O) groups is 1. The van der Waals surface area contributed by atoms with Crippen LogP contribution in [0.5, 0.6) is 11.5 Å². The van der Waals surface area contributed by atoms with E-state index in [1.165, 1.54) is 5.56 Å². The normalized spacial score (nSPS) is 14.3. The van der Waals surface area contributed by atoms with Crippen molar-refractivity contribution in [2.45, 2.75) is 33.3 Å². The van der Waals surface area contributed by atoms with Crippen molar-refractivity contribution in [1.82, 2.24) is 0 Å². The molecule has 0 aromatic heterocycles. The first-order valence-corrected chi connectivity index (χ1v) is 12.3. The fourth-order valence-electron chi connectivity index (χ4n) is 3.49. The van der Waals surface area contributed by atoms with Crippen LogP contribution in [0.25, 0.3) is 6.08 Å². The molecule has 174 valence electrons. The van der Waals surface area contributed by atoms with Gasteiger partial charge in [0.1, 0.15) is 6.61 Å². The zero-order chi connectivity index (χ0) is 24.1. The number of esters is 1. The molecule has 0 radical (unpaired) electrons. The second-order valence-corrected chi connectivity index (χ2v) is 9.42. The lowest BCUT2D eigenvalue weighted by Crippen LogP contribution is -2.05. The van der Waals surface area contributed by atoms with Crippen LogP contribution in [0.15, 0.2) is 77.4 Å². The number of rotatable bonds is 8. The van der Waals surface area contributed by atoms with Crippen molar-refractivity contribution >= 4 is 40.5 Å². The Bertz CT molecular complexity index is 1250. The van der Waals surface area contributed by atoms with Crippen LogP contribution in [-0.4, -0.2) is 18.5 Å². The van der Waals surface area contributed by atoms with Crippen LogP contribution in [0, 0.1) is 3.57 Å². The van der Waals surface area contributed by atoms with E-state index in [1.54, 1.807) is 6.08 Å². The summed E-state index contributed by atoms with van der Waals surface area (Å²) in [4.78, 5) is 16.9. The zero-order valence-corrected chi connectivity index (χ0v) is 21.5. The van der Waals surface area contributed by atoms with Crippen molar-refractivity contribution in [3.63, 3.8) is 0 Å². The molecular weight excluding hydrogens is 541 g/mol. The molecule has 0 saturated carbocycles. The second-order valence-electron chi connectivity index (χ2n) is 8.17. The van der Waals surface area contributed by atoms with Gasteiger partial charge in [-0.25, -0.2) is 9.79 Å². The van der Waals surface area contributed by atoms with Gasteiger partial charge in [-0.3, -0.25) is 0 Å². The quantitative estimate of drug-likeness (QED) is 0.172. The third kappa shape index (κ3) is 5.86. The minimum atomic E-state index is -0.472. The summed E-state index contributed by atoms with van der Waals surface area (Å²) >= 11 is 2.28. The van der Waals surface area contributed by atoms with Gasteiger partial charge in [-0.05, 0) is 94.6 Å². The first-order chi connectivity index (χ1) is 16.4. The Hall–Kier alpha value is -3.13. The Labute approximate surface area is 213 Å². The standard InChI is InChI=1S/C28H26INO4/c1-4-32-26-16-19(8-13-25(26)33-17-20-6-5-7-23(29)14-20)15-24-28(31)34-27(30-24)22-11-9-21(10-12-22)18(2)3/h5-16,18H,4,17H2,1-3H3/b24-15-. The molecule has 5 nitrogen and oxygen atoms in total. The van der Waals surface area contributed by atoms with Crippen LogP contribution >= 0.6 is 22.6 Å². The van der Waals surface area contributed by atoms with E-state index in [0.29, 0.717) is 36.5 Å². The minimum Gasteiger partial charge on any atom is -0.490 e. The molecule has 3 aromatic rings. The van der Waals surface area contributed by atoms with Crippen molar-refractivity contribution in [1.29, 1.82) is 0 Å². The SMILES string of the molecule is CCOc1cc(/C=C2\N=C(c3ccc(C(C)C)cc3)OC2=O)ccc1OCc1cccc(I)c1. The number of cyclic esters (lactones) is 1. The first kappa shape index (κ1) is 24.0. The van der Waals surface area contributed by atoms with Gasteiger partial charge >= 0.3 is 5.97 Å². The van der Waals surface area contributed by atoms with Gasteiger partial charge in [-0.1, -0.05) is 44.2 Å². The van der Waals surface area contributed by atoms with E-state index in [2.05, 4.69) is 47.5 Å². The average molecular weight is 567 g/mol. The molecule has 4 rings (SSSR count). The van der Waals surface area contributed by atoms with E-state index in [1.807, 2.05) is 67.6 Å². The minimum absolute atomic E-state index is 0.248. The van der Waals surface area contributed by atoms with Crippen LogP contribution in [0.3, 0.4) is 0 Å². The third-order valence-corrected chi connectivity index (χ3v) is 5.97. The fraction of sp³-hybridized carbons (Fsp3) is 0.214. The van der Waals surface area contributed by atoms with Gasteiger partial charge in [0.15, 0.2) is 17.2 Å². The smallest absolute Gasteiger partial charge is 0.363 e. The van der Waals surface area contributed by atoms with Gasteiger partial charge in [-0.2, -0.15) is 0 Å². The number of ether oxygens (including phenoxy) is 3. The predicted octanol–water partition coefficient (Wildman–Crippen LogP) is 6.74. The highest BCUT2D eigenvalue weighted by Crippen LogP contribution is 2.31. The van der Waals surface area contributed by atoms with Crippen LogP contribution in [0.2, 0.25) is 0 Å². The first-order valence-electron chi connectivity index (χ1n) is 11.2. The maximum Gasteiger partial charge on any atom is 0.363 e. The predicted molar refractivity (Wildman–Crippen MR) is 142 cm³/mol. The van der Waals surface area contributed by atoms with Crippen LogP contribution in [0.1, 0.15) is 48.9 Å². The molecule has 0 aliphatic carbocycles. The van der Waals surface area contributed by atoms with Crippen molar-refractivity contribution in [2.75, 3.05) is 6.61 Å². The van der Waals surface area contributed by atoms with E-state index in [-0.39, 0.29) is 5.70 Å². The zero-order valence-electron chi connectivity index (χ0n) is 19.4.